The van der Waals surface area contributed by atoms with Crippen LogP contribution < -0.4 is 10.2 Å². The smallest absolute Gasteiger partial charge is 0.322 e. The average Bonchev–Trinajstić information content (AvgIpc) is 2.77. The van der Waals surface area contributed by atoms with Crippen LogP contribution in [0.25, 0.3) is 0 Å². The normalized spacial score (nSPS) is 13.2. The van der Waals surface area contributed by atoms with E-state index in [2.05, 4.69) is 22.3 Å². The maximum absolute atomic E-state index is 11.4. The highest BCUT2D eigenvalue weighted by atomic mass is 16.4. The number of amides is 1. The Morgan fingerprint density at radius 3 is 2.89 bits per heavy atom. The van der Waals surface area contributed by atoms with Gasteiger partial charge < -0.3 is 15.3 Å². The zero-order valence-electron chi connectivity index (χ0n) is 10.1. The number of rotatable bonds is 5. The highest BCUT2D eigenvalue weighted by Gasteiger charge is 2.18. The Morgan fingerprint density at radius 2 is 2.11 bits per heavy atom. The lowest BCUT2D eigenvalue weighted by atomic mass is 10.2. The zero-order valence-corrected chi connectivity index (χ0v) is 10.1. The highest BCUT2D eigenvalue weighted by molar-refractivity contribution is 5.81. The van der Waals surface area contributed by atoms with Gasteiger partial charge in [-0.2, -0.15) is 0 Å². The van der Waals surface area contributed by atoms with E-state index in [1.54, 1.807) is 0 Å². The standard InChI is InChI=1S/C13H16N2O3/c16-12(14-9-13(17)18)6-8-15-7-5-10-3-1-2-4-11(10)15/h1-4H,5-9H2,(H,14,16)(H,17,18). The van der Waals surface area contributed by atoms with Crippen molar-refractivity contribution in [1.82, 2.24) is 5.32 Å². The first kappa shape index (κ1) is 12.4. The van der Waals surface area contributed by atoms with Crippen molar-refractivity contribution in [2.75, 3.05) is 24.5 Å². The summed E-state index contributed by atoms with van der Waals surface area (Å²) < 4.78 is 0. The molecule has 0 spiro atoms. The minimum atomic E-state index is -1.02. The van der Waals surface area contributed by atoms with E-state index in [0.29, 0.717) is 13.0 Å². The topological polar surface area (TPSA) is 69.6 Å². The van der Waals surface area contributed by atoms with Crippen LogP contribution in [0.3, 0.4) is 0 Å². The molecule has 1 aliphatic heterocycles. The molecule has 5 nitrogen and oxygen atoms in total. The third-order valence-electron chi connectivity index (χ3n) is 3.03. The number of carbonyl (C=O) groups excluding carboxylic acids is 1. The lowest BCUT2D eigenvalue weighted by molar-refractivity contribution is -0.137. The van der Waals surface area contributed by atoms with Gasteiger partial charge in [-0.1, -0.05) is 18.2 Å². The minimum absolute atomic E-state index is 0.221. The van der Waals surface area contributed by atoms with Gasteiger partial charge in [0.05, 0.1) is 0 Å². The van der Waals surface area contributed by atoms with Crippen molar-refractivity contribution >= 4 is 17.6 Å². The van der Waals surface area contributed by atoms with E-state index in [0.717, 1.165) is 13.0 Å². The molecular formula is C13H16N2O3. The molecule has 1 aromatic rings. The second-order valence-electron chi connectivity index (χ2n) is 4.29. The van der Waals surface area contributed by atoms with Crippen molar-refractivity contribution < 1.29 is 14.7 Å². The second-order valence-corrected chi connectivity index (χ2v) is 4.29. The summed E-state index contributed by atoms with van der Waals surface area (Å²) in [6.45, 7) is 1.24. The summed E-state index contributed by atoms with van der Waals surface area (Å²) in [5.74, 6) is -1.24. The molecule has 2 N–H and O–H groups in total. The third-order valence-corrected chi connectivity index (χ3v) is 3.03. The van der Waals surface area contributed by atoms with E-state index in [1.807, 2.05) is 12.1 Å². The van der Waals surface area contributed by atoms with Crippen molar-refractivity contribution in [3.05, 3.63) is 29.8 Å². The molecule has 0 unspecified atom stereocenters. The summed E-state index contributed by atoms with van der Waals surface area (Å²) in [4.78, 5) is 23.9. The molecule has 0 aliphatic carbocycles. The average molecular weight is 248 g/mol. The number of benzene rings is 1. The first-order valence-corrected chi connectivity index (χ1v) is 5.98. The lowest BCUT2D eigenvalue weighted by Crippen LogP contribution is -2.32. The van der Waals surface area contributed by atoms with Gasteiger partial charge >= 0.3 is 5.97 Å². The second kappa shape index (κ2) is 5.53. The lowest BCUT2D eigenvalue weighted by Gasteiger charge is -2.18. The van der Waals surface area contributed by atoms with Crippen LogP contribution >= 0.6 is 0 Å². The van der Waals surface area contributed by atoms with Gasteiger partial charge in [-0.3, -0.25) is 9.59 Å². The van der Waals surface area contributed by atoms with Crippen molar-refractivity contribution in [3.63, 3.8) is 0 Å². The van der Waals surface area contributed by atoms with Crippen LogP contribution in [0.4, 0.5) is 5.69 Å². The molecule has 0 bridgehead atoms. The van der Waals surface area contributed by atoms with Gasteiger partial charge in [-0.25, -0.2) is 0 Å². The summed E-state index contributed by atoms with van der Waals surface area (Å²) in [6, 6.07) is 8.15. The largest absolute Gasteiger partial charge is 0.480 e. The van der Waals surface area contributed by atoms with Crippen LogP contribution in [0.15, 0.2) is 24.3 Å². The number of nitrogens with zero attached hydrogens (tertiary/aromatic N) is 1. The van der Waals surface area contributed by atoms with Gasteiger partial charge in [-0.05, 0) is 18.1 Å². The van der Waals surface area contributed by atoms with Crippen molar-refractivity contribution in [2.45, 2.75) is 12.8 Å². The fourth-order valence-corrected chi connectivity index (χ4v) is 2.14. The first-order valence-electron chi connectivity index (χ1n) is 5.98. The Morgan fingerprint density at radius 1 is 1.33 bits per heavy atom. The monoisotopic (exact) mass is 248 g/mol. The Balaban J connectivity index is 1.82. The van der Waals surface area contributed by atoms with Crippen LogP contribution in [-0.2, 0) is 16.0 Å². The van der Waals surface area contributed by atoms with E-state index in [9.17, 15) is 9.59 Å². The van der Waals surface area contributed by atoms with E-state index < -0.39 is 5.97 Å². The maximum Gasteiger partial charge on any atom is 0.322 e. The van der Waals surface area contributed by atoms with E-state index in [-0.39, 0.29) is 12.5 Å². The number of nitrogens with one attached hydrogen (secondary N) is 1. The molecule has 0 atom stereocenters. The van der Waals surface area contributed by atoms with Crippen LogP contribution in [0.5, 0.6) is 0 Å². The van der Waals surface area contributed by atoms with Crippen molar-refractivity contribution in [1.29, 1.82) is 0 Å². The maximum atomic E-state index is 11.4. The summed E-state index contributed by atoms with van der Waals surface area (Å²) >= 11 is 0. The van der Waals surface area contributed by atoms with Gasteiger partial charge in [0.2, 0.25) is 5.91 Å². The van der Waals surface area contributed by atoms with Gasteiger partial charge in [0, 0.05) is 25.2 Å². The number of carbonyl (C=O) groups is 2. The van der Waals surface area contributed by atoms with E-state index in [4.69, 9.17) is 5.11 Å². The van der Waals surface area contributed by atoms with E-state index >= 15 is 0 Å². The molecule has 18 heavy (non-hydrogen) atoms. The molecule has 1 heterocycles. The number of hydrogen-bond acceptors (Lipinski definition) is 3. The van der Waals surface area contributed by atoms with Crippen molar-refractivity contribution in [2.24, 2.45) is 0 Å². The number of hydrogen-bond donors (Lipinski definition) is 2. The van der Waals surface area contributed by atoms with Gasteiger partial charge in [-0.15, -0.1) is 0 Å². The molecular weight excluding hydrogens is 232 g/mol. The number of aliphatic carboxylic acids is 1. The molecule has 1 amide bonds. The SMILES string of the molecule is O=C(O)CNC(=O)CCN1CCc2ccccc21. The van der Waals surface area contributed by atoms with Crippen LogP contribution in [0.1, 0.15) is 12.0 Å². The molecule has 0 aromatic heterocycles. The van der Waals surface area contributed by atoms with Crippen molar-refractivity contribution in [3.8, 4) is 0 Å². The fraction of sp³-hybridized carbons (Fsp3) is 0.385. The highest BCUT2D eigenvalue weighted by Crippen LogP contribution is 2.27. The Bertz CT molecular complexity index is 459. The molecule has 0 saturated carbocycles. The van der Waals surface area contributed by atoms with Gasteiger partial charge in [0.25, 0.3) is 0 Å². The summed E-state index contributed by atoms with van der Waals surface area (Å²) in [7, 11) is 0. The quantitative estimate of drug-likeness (QED) is 0.802. The Labute approximate surface area is 105 Å². The number of carboxylic acids is 1. The molecule has 1 aliphatic rings. The molecule has 0 saturated heterocycles. The minimum Gasteiger partial charge on any atom is -0.480 e. The fourth-order valence-electron chi connectivity index (χ4n) is 2.14. The first-order chi connectivity index (χ1) is 8.66. The third kappa shape index (κ3) is 3.00. The number of para-hydroxylation sites is 1. The van der Waals surface area contributed by atoms with E-state index in [1.165, 1.54) is 11.3 Å². The molecule has 96 valence electrons. The summed E-state index contributed by atoms with van der Waals surface area (Å²) in [6.07, 6.45) is 1.33. The number of fused-ring (bicyclic) bond motifs is 1. The summed E-state index contributed by atoms with van der Waals surface area (Å²) in [5, 5.41) is 10.8. The molecule has 2 rings (SSSR count). The predicted octanol–water partition coefficient (Wildman–Crippen LogP) is 0.640. The molecule has 0 radical (unpaired) electrons. The van der Waals surface area contributed by atoms with Gasteiger partial charge in [0.15, 0.2) is 0 Å². The van der Waals surface area contributed by atoms with Crippen LogP contribution in [-0.4, -0.2) is 36.6 Å². The van der Waals surface area contributed by atoms with Crippen LogP contribution in [0.2, 0.25) is 0 Å². The zero-order chi connectivity index (χ0) is 13.0. The summed E-state index contributed by atoms with van der Waals surface area (Å²) in [5.41, 5.74) is 2.49. The predicted molar refractivity (Wildman–Crippen MR) is 67.6 cm³/mol. The number of carboxylic acid groups (broad SMARTS) is 1. The van der Waals surface area contributed by atoms with Gasteiger partial charge in [0.1, 0.15) is 6.54 Å². The molecule has 5 heteroatoms. The Kier molecular flexibility index (Phi) is 3.82. The molecule has 1 aromatic carbocycles. The number of anilines is 1. The van der Waals surface area contributed by atoms with Crippen LogP contribution in [0, 0.1) is 0 Å². The Hall–Kier alpha value is -2.04. The molecule has 0 fully saturated rings.